The van der Waals surface area contributed by atoms with E-state index in [0.717, 1.165) is 5.56 Å². The average molecular weight is 313 g/mol. The molecule has 0 aliphatic heterocycles. The van der Waals surface area contributed by atoms with Gasteiger partial charge in [0.25, 0.3) is 0 Å². The van der Waals surface area contributed by atoms with E-state index in [2.05, 4.69) is 15.3 Å². The molecule has 1 N–H and O–H groups in total. The Morgan fingerprint density at radius 3 is 2.71 bits per heavy atom. The molecule has 21 heavy (non-hydrogen) atoms. The lowest BCUT2D eigenvalue weighted by atomic mass is 10.2. The largest absolute Gasteiger partial charge is 0.465 e. The van der Waals surface area contributed by atoms with Crippen LogP contribution >= 0.6 is 11.3 Å². The summed E-state index contributed by atoms with van der Waals surface area (Å²) < 4.78 is 4.68. The van der Waals surface area contributed by atoms with E-state index in [4.69, 9.17) is 0 Å². The van der Waals surface area contributed by atoms with Gasteiger partial charge in [-0.25, -0.2) is 9.80 Å². The molecular formula is C13H19N3O4S. The minimum Gasteiger partial charge on any atom is -0.465 e. The van der Waals surface area contributed by atoms with Gasteiger partial charge in [-0.2, -0.15) is 0 Å². The van der Waals surface area contributed by atoms with Crippen LogP contribution in [0.3, 0.4) is 0 Å². The summed E-state index contributed by atoms with van der Waals surface area (Å²) in [7, 11) is 1.28. The van der Waals surface area contributed by atoms with Crippen LogP contribution in [0, 0.1) is 11.8 Å². The molecule has 1 atom stereocenters. The van der Waals surface area contributed by atoms with Gasteiger partial charge in [0, 0.05) is 6.54 Å². The zero-order valence-electron chi connectivity index (χ0n) is 12.5. The number of nitroso groups, excluding NO2 is 1. The van der Waals surface area contributed by atoms with Crippen molar-refractivity contribution in [2.75, 3.05) is 19.0 Å². The molecule has 0 fully saturated rings. The molecule has 1 amide bonds. The molecule has 0 aliphatic rings. The summed E-state index contributed by atoms with van der Waals surface area (Å²) in [6.07, 6.45) is 0.703. The fourth-order valence-corrected chi connectivity index (χ4v) is 2.66. The van der Waals surface area contributed by atoms with Crippen molar-refractivity contribution in [1.82, 2.24) is 5.01 Å². The van der Waals surface area contributed by atoms with E-state index in [9.17, 15) is 14.5 Å². The first-order chi connectivity index (χ1) is 9.96. The second-order valence-corrected chi connectivity index (χ2v) is 5.40. The molecule has 1 aromatic rings. The van der Waals surface area contributed by atoms with Crippen molar-refractivity contribution in [3.63, 3.8) is 0 Å². The number of methoxy groups -OCH3 is 1. The third-order valence-electron chi connectivity index (χ3n) is 2.98. The van der Waals surface area contributed by atoms with Crippen LogP contribution in [0.2, 0.25) is 0 Å². The highest BCUT2D eigenvalue weighted by Gasteiger charge is 2.24. The van der Waals surface area contributed by atoms with Crippen molar-refractivity contribution in [3.05, 3.63) is 20.7 Å². The Balaban J connectivity index is 2.90. The zero-order valence-corrected chi connectivity index (χ0v) is 13.3. The van der Waals surface area contributed by atoms with Crippen LogP contribution in [-0.4, -0.2) is 36.6 Å². The van der Waals surface area contributed by atoms with Crippen LogP contribution in [-0.2, 0) is 9.53 Å². The predicted molar refractivity (Wildman–Crippen MR) is 81.3 cm³/mol. The highest BCUT2D eigenvalue weighted by atomic mass is 32.1. The van der Waals surface area contributed by atoms with Gasteiger partial charge in [0.15, 0.2) is 0 Å². The van der Waals surface area contributed by atoms with E-state index in [1.165, 1.54) is 23.5 Å². The normalized spacial score (nSPS) is 11.6. The fourth-order valence-electron chi connectivity index (χ4n) is 1.74. The molecule has 1 unspecified atom stereocenters. The van der Waals surface area contributed by atoms with Crippen molar-refractivity contribution in [1.29, 1.82) is 0 Å². The summed E-state index contributed by atoms with van der Waals surface area (Å²) in [4.78, 5) is 34.9. The lowest BCUT2D eigenvalue weighted by molar-refractivity contribution is -0.120. The van der Waals surface area contributed by atoms with Crippen molar-refractivity contribution >= 4 is 28.9 Å². The number of anilines is 1. The lowest BCUT2D eigenvalue weighted by Crippen LogP contribution is -2.39. The summed E-state index contributed by atoms with van der Waals surface area (Å²) in [5.41, 5.74) is 1.19. The van der Waals surface area contributed by atoms with Gasteiger partial charge in [0.1, 0.15) is 10.9 Å². The maximum atomic E-state index is 12.2. The van der Waals surface area contributed by atoms with Gasteiger partial charge in [0.05, 0.1) is 18.1 Å². The third kappa shape index (κ3) is 4.01. The molecule has 0 saturated heterocycles. The standard InChI is InChI=1S/C13H19N3O4S/c1-5-6-16(15-19)9(3)12(17)14-10-8(2)7-21-11(10)13(18)20-4/h7,9H,5-6H2,1-4H3,(H,14,17). The first-order valence-electron chi connectivity index (χ1n) is 6.53. The highest BCUT2D eigenvalue weighted by Crippen LogP contribution is 2.28. The van der Waals surface area contributed by atoms with Gasteiger partial charge < -0.3 is 10.1 Å². The Bertz CT molecular complexity index is 529. The zero-order chi connectivity index (χ0) is 16.0. The van der Waals surface area contributed by atoms with Gasteiger partial charge in [-0.15, -0.1) is 16.2 Å². The van der Waals surface area contributed by atoms with E-state index in [1.54, 1.807) is 19.2 Å². The molecule has 1 heterocycles. The van der Waals surface area contributed by atoms with Crippen LogP contribution in [0.25, 0.3) is 0 Å². The number of nitrogens with zero attached hydrogens (tertiary/aromatic N) is 2. The lowest BCUT2D eigenvalue weighted by Gasteiger charge is -2.21. The maximum Gasteiger partial charge on any atom is 0.350 e. The Hall–Kier alpha value is -1.96. The summed E-state index contributed by atoms with van der Waals surface area (Å²) in [5.74, 6) is -0.898. The monoisotopic (exact) mass is 313 g/mol. The van der Waals surface area contributed by atoms with E-state index in [1.807, 2.05) is 6.92 Å². The number of thiophene rings is 1. The van der Waals surface area contributed by atoms with E-state index in [-0.39, 0.29) is 0 Å². The van der Waals surface area contributed by atoms with Crippen LogP contribution < -0.4 is 5.32 Å². The van der Waals surface area contributed by atoms with Gasteiger partial charge in [-0.1, -0.05) is 6.92 Å². The van der Waals surface area contributed by atoms with Crippen molar-refractivity contribution in [2.45, 2.75) is 33.2 Å². The van der Waals surface area contributed by atoms with Gasteiger partial charge in [-0.05, 0) is 31.2 Å². The number of carbonyl (C=O) groups excluding carboxylic acids is 2. The molecule has 1 rings (SSSR count). The van der Waals surface area contributed by atoms with Crippen LogP contribution in [0.1, 0.15) is 35.5 Å². The fraction of sp³-hybridized carbons (Fsp3) is 0.538. The minimum absolute atomic E-state index is 0.330. The van der Waals surface area contributed by atoms with Gasteiger partial charge >= 0.3 is 5.97 Å². The third-order valence-corrected chi connectivity index (χ3v) is 4.06. The summed E-state index contributed by atoms with van der Waals surface area (Å²) in [6, 6.07) is -0.716. The molecule has 0 aliphatic carbocycles. The molecule has 0 saturated carbocycles. The second kappa shape index (κ2) is 7.72. The Morgan fingerprint density at radius 2 is 2.19 bits per heavy atom. The van der Waals surface area contributed by atoms with Crippen molar-refractivity contribution < 1.29 is 14.3 Å². The number of hydrogen-bond acceptors (Lipinski definition) is 6. The molecule has 0 bridgehead atoms. The summed E-state index contributed by atoms with van der Waals surface area (Å²) in [6.45, 7) is 5.66. The molecular weight excluding hydrogens is 294 g/mol. The van der Waals surface area contributed by atoms with Gasteiger partial charge in [-0.3, -0.25) is 4.79 Å². The van der Waals surface area contributed by atoms with Crippen molar-refractivity contribution in [2.24, 2.45) is 5.29 Å². The number of nitrogens with one attached hydrogen (secondary N) is 1. The molecule has 7 nitrogen and oxygen atoms in total. The van der Waals surface area contributed by atoms with E-state index in [0.29, 0.717) is 23.5 Å². The minimum atomic E-state index is -0.716. The molecule has 0 spiro atoms. The quantitative estimate of drug-likeness (QED) is 0.475. The maximum absolute atomic E-state index is 12.2. The Labute approximate surface area is 127 Å². The number of amides is 1. The topological polar surface area (TPSA) is 88.1 Å². The molecule has 0 radical (unpaired) electrons. The molecule has 0 aromatic carbocycles. The van der Waals surface area contributed by atoms with Crippen LogP contribution in [0.15, 0.2) is 10.7 Å². The number of carbonyl (C=O) groups is 2. The van der Waals surface area contributed by atoms with Gasteiger partial charge in [0.2, 0.25) is 5.91 Å². The Kier molecular flexibility index (Phi) is 6.29. The number of ether oxygens (including phenoxy) is 1. The van der Waals surface area contributed by atoms with E-state index >= 15 is 0 Å². The smallest absolute Gasteiger partial charge is 0.350 e. The van der Waals surface area contributed by atoms with Crippen molar-refractivity contribution in [3.8, 4) is 0 Å². The summed E-state index contributed by atoms with van der Waals surface area (Å²) >= 11 is 1.20. The number of rotatable bonds is 7. The van der Waals surface area contributed by atoms with E-state index < -0.39 is 17.9 Å². The van der Waals surface area contributed by atoms with Crippen LogP contribution in [0.4, 0.5) is 5.69 Å². The number of aryl methyl sites for hydroxylation is 1. The summed E-state index contributed by atoms with van der Waals surface area (Å²) in [5, 5.41) is 8.47. The molecule has 8 heteroatoms. The highest BCUT2D eigenvalue weighted by molar-refractivity contribution is 7.12. The average Bonchev–Trinajstić information content (AvgIpc) is 2.84. The molecule has 1 aromatic heterocycles. The number of hydrogen-bond donors (Lipinski definition) is 1. The van der Waals surface area contributed by atoms with Crippen LogP contribution in [0.5, 0.6) is 0 Å². The Morgan fingerprint density at radius 1 is 1.52 bits per heavy atom. The number of esters is 1. The molecule has 116 valence electrons. The predicted octanol–water partition coefficient (Wildman–Crippen LogP) is 2.56. The SMILES string of the molecule is CCCN(N=O)C(C)C(=O)Nc1c(C)csc1C(=O)OC. The second-order valence-electron chi connectivity index (χ2n) is 4.52. The first-order valence-corrected chi connectivity index (χ1v) is 7.41. The first kappa shape index (κ1) is 17.1.